The van der Waals surface area contributed by atoms with Crippen molar-refractivity contribution in [3.8, 4) is 5.82 Å². The summed E-state index contributed by atoms with van der Waals surface area (Å²) in [6.45, 7) is 2.70. The number of para-hydroxylation sites is 2. The molecule has 4 aromatic rings. The Labute approximate surface area is 171 Å². The van der Waals surface area contributed by atoms with E-state index < -0.39 is 14.9 Å². The van der Waals surface area contributed by atoms with Crippen molar-refractivity contribution in [2.24, 2.45) is 4.36 Å². The fraction of sp³-hybridized carbons (Fsp3) is 0.105. The van der Waals surface area contributed by atoms with Gasteiger partial charge in [0, 0.05) is 12.1 Å². The lowest BCUT2D eigenvalue weighted by Crippen LogP contribution is -2.28. The quantitative estimate of drug-likeness (QED) is 0.297. The highest BCUT2D eigenvalue weighted by molar-refractivity contribution is 7.88. The first-order valence-corrected chi connectivity index (χ1v) is 10.4. The number of nitrogens with zero attached hydrogens (tertiary/aromatic N) is 6. The van der Waals surface area contributed by atoms with Gasteiger partial charge in [-0.25, -0.2) is 18.7 Å². The van der Waals surface area contributed by atoms with E-state index >= 15 is 0 Å². The van der Waals surface area contributed by atoms with Crippen LogP contribution in [0.5, 0.6) is 0 Å². The molecule has 11 heteroatoms. The van der Waals surface area contributed by atoms with Gasteiger partial charge in [-0.1, -0.05) is 18.2 Å². The summed E-state index contributed by atoms with van der Waals surface area (Å²) in [7, 11) is -4.02. The van der Waals surface area contributed by atoms with Crippen LogP contribution in [0.15, 0.2) is 76.5 Å². The first-order chi connectivity index (χ1) is 14.4. The summed E-state index contributed by atoms with van der Waals surface area (Å²) in [5, 5.41) is 11.0. The minimum Gasteiger partial charge on any atom is -0.296 e. The smallest absolute Gasteiger partial charge is 0.272 e. The topological polar surface area (TPSA) is 127 Å². The number of nitro groups is 1. The van der Waals surface area contributed by atoms with Gasteiger partial charge in [-0.15, -0.1) is 4.36 Å². The van der Waals surface area contributed by atoms with Gasteiger partial charge in [0.1, 0.15) is 12.4 Å². The molecule has 4 rings (SSSR count). The van der Waals surface area contributed by atoms with Gasteiger partial charge >= 0.3 is 0 Å². The summed E-state index contributed by atoms with van der Waals surface area (Å²) in [5.74, 6) is 0.222. The molecule has 2 heterocycles. The van der Waals surface area contributed by atoms with E-state index in [9.17, 15) is 18.9 Å². The molecule has 2 aromatic carbocycles. The van der Waals surface area contributed by atoms with Gasteiger partial charge in [-0.2, -0.15) is 4.57 Å². The highest BCUT2D eigenvalue weighted by Crippen LogP contribution is 2.27. The molecule has 0 radical (unpaired) electrons. The Morgan fingerprint density at radius 1 is 1.20 bits per heavy atom. The van der Waals surface area contributed by atoms with Crippen molar-refractivity contribution < 1.29 is 18.3 Å². The van der Waals surface area contributed by atoms with Crippen LogP contribution in [0.2, 0.25) is 0 Å². The third kappa shape index (κ3) is 3.75. The molecule has 1 atom stereocenters. The van der Waals surface area contributed by atoms with Crippen molar-refractivity contribution >= 4 is 32.5 Å². The lowest BCUT2D eigenvalue weighted by atomic mass is 10.3. The number of imidazole rings is 1. The Balaban J connectivity index is 1.94. The van der Waals surface area contributed by atoms with Crippen molar-refractivity contribution in [3.05, 3.63) is 77.4 Å². The van der Waals surface area contributed by atoms with Crippen LogP contribution in [0.3, 0.4) is 0 Å². The number of aryl methyl sites for hydroxylation is 1. The zero-order valence-electron chi connectivity index (χ0n) is 15.8. The molecule has 0 saturated heterocycles. The largest absolute Gasteiger partial charge is 0.296 e. The summed E-state index contributed by atoms with van der Waals surface area (Å²) in [6.07, 6.45) is 5.34. The number of hydrogen-bond donors (Lipinski definition) is 1. The molecule has 0 amide bonds. The van der Waals surface area contributed by atoms with E-state index in [1.54, 1.807) is 35.3 Å². The molecule has 10 nitrogen and oxygen atoms in total. The van der Waals surface area contributed by atoms with E-state index in [0.29, 0.717) is 11.0 Å². The van der Waals surface area contributed by atoms with Gasteiger partial charge in [0.05, 0.1) is 27.4 Å². The lowest BCUT2D eigenvalue weighted by Gasteiger charge is -2.06. The Hall–Kier alpha value is -3.70. The fourth-order valence-electron chi connectivity index (χ4n) is 2.85. The zero-order valence-corrected chi connectivity index (χ0v) is 16.6. The summed E-state index contributed by atoms with van der Waals surface area (Å²) in [6, 6.07) is 12.0. The summed E-state index contributed by atoms with van der Waals surface area (Å²) < 4.78 is 31.1. The van der Waals surface area contributed by atoms with Crippen LogP contribution >= 0.6 is 0 Å². The average molecular weight is 425 g/mol. The second-order valence-corrected chi connectivity index (χ2v) is 8.00. The highest BCUT2D eigenvalue weighted by Gasteiger charge is 2.20. The van der Waals surface area contributed by atoms with Crippen molar-refractivity contribution in [2.75, 3.05) is 0 Å². The number of rotatable bonds is 5. The predicted molar refractivity (Wildman–Crippen MR) is 109 cm³/mol. The molecule has 1 unspecified atom stereocenters. The van der Waals surface area contributed by atoms with Crippen LogP contribution < -0.4 is 4.57 Å². The fourth-order valence-corrected chi connectivity index (χ4v) is 3.85. The summed E-state index contributed by atoms with van der Waals surface area (Å²) in [4.78, 5) is 19.2. The van der Waals surface area contributed by atoms with Crippen LogP contribution in [0, 0.1) is 10.1 Å². The summed E-state index contributed by atoms with van der Waals surface area (Å²) >= 11 is 0. The maximum absolute atomic E-state index is 13.0. The molecule has 152 valence electrons. The Morgan fingerprint density at radius 3 is 2.60 bits per heavy atom. The number of non-ortho nitro benzene ring substituents is 1. The van der Waals surface area contributed by atoms with Crippen LogP contribution in [0.25, 0.3) is 16.9 Å². The number of aromatic nitrogens is 4. The molecular formula is C19H17N6O4S+. The molecule has 2 aromatic heterocycles. The van der Waals surface area contributed by atoms with E-state index in [1.807, 2.05) is 23.8 Å². The van der Waals surface area contributed by atoms with Gasteiger partial charge in [0.2, 0.25) is 12.1 Å². The van der Waals surface area contributed by atoms with E-state index in [4.69, 9.17) is 0 Å². The predicted octanol–water partition coefficient (Wildman–Crippen LogP) is 3.27. The molecule has 0 aliphatic carbocycles. The molecule has 0 saturated carbocycles. The lowest BCUT2D eigenvalue weighted by molar-refractivity contribution is -0.692. The second-order valence-electron chi connectivity index (χ2n) is 6.35. The van der Waals surface area contributed by atoms with Crippen LogP contribution in [-0.4, -0.2) is 28.2 Å². The second kappa shape index (κ2) is 7.61. The number of nitro benzene ring substituents is 1. The van der Waals surface area contributed by atoms with Crippen LogP contribution in [-0.2, 0) is 16.6 Å². The third-order valence-corrected chi connectivity index (χ3v) is 5.67. The van der Waals surface area contributed by atoms with Gasteiger partial charge < -0.3 is 0 Å². The zero-order chi connectivity index (χ0) is 21.3. The highest BCUT2D eigenvalue weighted by atomic mass is 32.2. The Bertz CT molecular complexity index is 1390. The summed E-state index contributed by atoms with van der Waals surface area (Å²) in [5.41, 5.74) is 0.802. The van der Waals surface area contributed by atoms with Gasteiger partial charge in [0.15, 0.2) is 10.0 Å². The van der Waals surface area contributed by atoms with E-state index in [-0.39, 0.29) is 22.2 Å². The first kappa shape index (κ1) is 19.6. The maximum atomic E-state index is 13.0. The molecule has 30 heavy (non-hydrogen) atoms. The number of fused-ring (bicyclic) bond motifs is 1. The molecule has 0 spiro atoms. The van der Waals surface area contributed by atoms with E-state index in [2.05, 4.69) is 14.3 Å². The van der Waals surface area contributed by atoms with Crippen LogP contribution in [0.1, 0.15) is 6.92 Å². The molecule has 0 fully saturated rings. The van der Waals surface area contributed by atoms with E-state index in [1.165, 1.54) is 18.2 Å². The third-order valence-electron chi connectivity index (χ3n) is 4.38. The average Bonchev–Trinajstić information content (AvgIpc) is 3.22. The number of hydrogen-bond acceptors (Lipinski definition) is 6. The SMILES string of the molecule is CC[n+]1ccn(-c2nc3ccccc3nc2N=S(=O)(O)c2cccc([N+](=O)[O-])c2)c1. The molecular weight excluding hydrogens is 408 g/mol. The van der Waals surface area contributed by atoms with Crippen LogP contribution in [0.4, 0.5) is 11.5 Å². The van der Waals surface area contributed by atoms with E-state index in [0.717, 1.165) is 12.6 Å². The molecule has 1 N–H and O–H groups in total. The molecule has 0 bridgehead atoms. The monoisotopic (exact) mass is 425 g/mol. The maximum Gasteiger partial charge on any atom is 0.272 e. The van der Waals surface area contributed by atoms with Crippen molar-refractivity contribution in [1.82, 2.24) is 14.5 Å². The Kier molecular flexibility index (Phi) is 4.98. The van der Waals surface area contributed by atoms with Gasteiger partial charge in [-0.3, -0.25) is 14.7 Å². The normalized spacial score (nSPS) is 13.1. The molecule has 0 aliphatic heterocycles. The van der Waals surface area contributed by atoms with Crippen molar-refractivity contribution in [1.29, 1.82) is 0 Å². The van der Waals surface area contributed by atoms with Crippen molar-refractivity contribution in [3.63, 3.8) is 0 Å². The molecule has 0 aliphatic rings. The number of benzene rings is 2. The standard InChI is InChI=1S/C19H16N6O4S/c1-2-23-10-11-24(13-23)19-18(20-16-8-3-4-9-17(16)21-19)22-30(28,29)15-7-5-6-14(12-15)25(26)27/h3-13H,2H2,1H3/p+1. The minimum absolute atomic E-state index is 0.0495. The minimum atomic E-state index is -4.02. The van der Waals surface area contributed by atoms with Gasteiger partial charge in [0.25, 0.3) is 11.5 Å². The Morgan fingerprint density at radius 2 is 1.93 bits per heavy atom. The van der Waals surface area contributed by atoms with Gasteiger partial charge in [-0.05, 0) is 25.1 Å². The van der Waals surface area contributed by atoms with Crippen molar-refractivity contribution in [2.45, 2.75) is 18.4 Å². The first-order valence-electron chi connectivity index (χ1n) is 8.95.